The Bertz CT molecular complexity index is 434. The predicted octanol–water partition coefficient (Wildman–Crippen LogP) is 2.41. The number of thioether (sulfide) groups is 1. The van der Waals surface area contributed by atoms with Gasteiger partial charge in [0.1, 0.15) is 5.54 Å². The number of hydrogen-bond donors (Lipinski definition) is 2. The Labute approximate surface area is 118 Å². The summed E-state index contributed by atoms with van der Waals surface area (Å²) in [5.74, 6) is 0.0712. The van der Waals surface area contributed by atoms with Gasteiger partial charge in [0, 0.05) is 29.1 Å². The highest BCUT2D eigenvalue weighted by atomic mass is 32.2. The van der Waals surface area contributed by atoms with Gasteiger partial charge >= 0.3 is 5.97 Å². The van der Waals surface area contributed by atoms with Gasteiger partial charge in [0.2, 0.25) is 0 Å². The maximum Gasteiger partial charge on any atom is 0.325 e. The predicted molar refractivity (Wildman–Crippen MR) is 76.3 cm³/mol. The molecule has 19 heavy (non-hydrogen) atoms. The first-order chi connectivity index (χ1) is 9.04. The molecule has 0 bridgehead atoms. The quantitative estimate of drug-likeness (QED) is 0.751. The molecule has 0 saturated heterocycles. The van der Waals surface area contributed by atoms with E-state index in [4.69, 9.17) is 0 Å². The minimum absolute atomic E-state index is 0.162. The summed E-state index contributed by atoms with van der Waals surface area (Å²) in [4.78, 5) is 16.8. The number of hydrogen-bond acceptors (Lipinski definition) is 4. The van der Waals surface area contributed by atoms with E-state index in [0.717, 1.165) is 17.7 Å². The molecule has 1 aromatic rings. The minimum Gasteiger partial charge on any atom is -0.480 e. The molecular formula is C14H20N2O2S. The van der Waals surface area contributed by atoms with Crippen molar-refractivity contribution < 1.29 is 9.90 Å². The van der Waals surface area contributed by atoms with Crippen molar-refractivity contribution in [2.24, 2.45) is 5.92 Å². The zero-order valence-corrected chi connectivity index (χ0v) is 12.1. The number of rotatable bonds is 7. The smallest absolute Gasteiger partial charge is 0.325 e. The van der Waals surface area contributed by atoms with Crippen LogP contribution in [0.3, 0.4) is 0 Å². The first-order valence-corrected chi connectivity index (χ1v) is 7.57. The lowest BCUT2D eigenvalue weighted by molar-refractivity contribution is -0.145. The molecule has 1 unspecified atom stereocenters. The van der Waals surface area contributed by atoms with Crippen LogP contribution in [0.1, 0.15) is 26.7 Å². The van der Waals surface area contributed by atoms with Gasteiger partial charge in [-0.25, -0.2) is 0 Å². The SMILES string of the molecule is CC(C)NC(CSc1ccncc1)(C(=O)O)C1CC1. The van der Waals surface area contributed by atoms with E-state index >= 15 is 0 Å². The van der Waals surface area contributed by atoms with Crippen LogP contribution in [0.5, 0.6) is 0 Å². The van der Waals surface area contributed by atoms with Crippen molar-refractivity contribution in [2.75, 3.05) is 5.75 Å². The van der Waals surface area contributed by atoms with Crippen LogP contribution in [0.15, 0.2) is 29.4 Å². The molecule has 1 saturated carbocycles. The minimum atomic E-state index is -0.803. The monoisotopic (exact) mass is 280 g/mol. The van der Waals surface area contributed by atoms with E-state index in [9.17, 15) is 9.90 Å². The maximum absolute atomic E-state index is 11.8. The van der Waals surface area contributed by atoms with Crippen molar-refractivity contribution in [3.8, 4) is 0 Å². The number of nitrogens with one attached hydrogen (secondary N) is 1. The fourth-order valence-electron chi connectivity index (χ4n) is 2.30. The van der Waals surface area contributed by atoms with Crippen LogP contribution in [0.2, 0.25) is 0 Å². The number of carbonyl (C=O) groups is 1. The van der Waals surface area contributed by atoms with Crippen molar-refractivity contribution in [3.05, 3.63) is 24.5 Å². The van der Waals surface area contributed by atoms with Gasteiger partial charge in [-0.15, -0.1) is 11.8 Å². The number of aromatic nitrogens is 1. The second kappa shape index (κ2) is 5.92. The number of carboxylic acids is 1. The zero-order valence-electron chi connectivity index (χ0n) is 11.3. The first kappa shape index (κ1) is 14.3. The highest BCUT2D eigenvalue weighted by Crippen LogP contribution is 2.42. The lowest BCUT2D eigenvalue weighted by Crippen LogP contribution is -2.58. The van der Waals surface area contributed by atoms with Gasteiger partial charge in [-0.05, 0) is 44.7 Å². The van der Waals surface area contributed by atoms with Gasteiger partial charge in [0.15, 0.2) is 0 Å². The van der Waals surface area contributed by atoms with Crippen LogP contribution in [0.25, 0.3) is 0 Å². The Morgan fingerprint density at radius 2 is 2.16 bits per heavy atom. The summed E-state index contributed by atoms with van der Waals surface area (Å²) in [6, 6.07) is 3.99. The molecule has 1 atom stereocenters. The van der Waals surface area contributed by atoms with Crippen molar-refractivity contribution in [1.29, 1.82) is 0 Å². The molecule has 0 amide bonds. The zero-order chi connectivity index (χ0) is 13.9. The standard InChI is InChI=1S/C14H20N2O2S/c1-10(2)16-14(13(17)18,11-3-4-11)9-19-12-5-7-15-8-6-12/h5-8,10-11,16H,3-4,9H2,1-2H3,(H,17,18). The second-order valence-corrected chi connectivity index (χ2v) is 6.37. The van der Waals surface area contributed by atoms with Gasteiger partial charge in [-0.2, -0.15) is 0 Å². The van der Waals surface area contributed by atoms with E-state index < -0.39 is 11.5 Å². The molecule has 2 rings (SSSR count). The number of aliphatic carboxylic acids is 1. The molecule has 1 fully saturated rings. The highest BCUT2D eigenvalue weighted by Gasteiger charge is 2.51. The van der Waals surface area contributed by atoms with Crippen LogP contribution in [0, 0.1) is 5.92 Å². The molecule has 0 spiro atoms. The molecule has 0 aromatic carbocycles. The molecule has 1 aromatic heterocycles. The van der Waals surface area contributed by atoms with Gasteiger partial charge in [-0.3, -0.25) is 15.1 Å². The Morgan fingerprint density at radius 1 is 1.53 bits per heavy atom. The topological polar surface area (TPSA) is 62.2 Å². The molecule has 1 aliphatic carbocycles. The summed E-state index contributed by atoms with van der Waals surface area (Å²) in [5.41, 5.74) is -0.803. The molecule has 2 N–H and O–H groups in total. The van der Waals surface area contributed by atoms with Gasteiger partial charge in [0.25, 0.3) is 0 Å². The summed E-state index contributed by atoms with van der Waals surface area (Å²) < 4.78 is 0. The van der Waals surface area contributed by atoms with E-state index in [-0.39, 0.29) is 12.0 Å². The molecular weight excluding hydrogens is 260 g/mol. The number of pyridine rings is 1. The average molecular weight is 280 g/mol. The van der Waals surface area contributed by atoms with Crippen molar-refractivity contribution in [3.63, 3.8) is 0 Å². The van der Waals surface area contributed by atoms with Crippen LogP contribution in [-0.2, 0) is 4.79 Å². The number of carboxylic acid groups (broad SMARTS) is 1. The molecule has 5 heteroatoms. The second-order valence-electron chi connectivity index (χ2n) is 5.32. The Balaban J connectivity index is 2.11. The third-order valence-electron chi connectivity index (χ3n) is 3.32. The summed E-state index contributed by atoms with van der Waals surface area (Å²) >= 11 is 1.58. The number of nitrogens with zero attached hydrogens (tertiary/aromatic N) is 1. The molecule has 1 aliphatic rings. The van der Waals surface area contributed by atoms with Crippen molar-refractivity contribution in [1.82, 2.24) is 10.3 Å². The maximum atomic E-state index is 11.8. The van der Waals surface area contributed by atoms with E-state index in [1.807, 2.05) is 26.0 Å². The van der Waals surface area contributed by atoms with Crippen molar-refractivity contribution in [2.45, 2.75) is 43.2 Å². The summed E-state index contributed by atoms with van der Waals surface area (Å²) in [7, 11) is 0. The first-order valence-electron chi connectivity index (χ1n) is 6.58. The fraction of sp³-hybridized carbons (Fsp3) is 0.571. The Kier molecular flexibility index (Phi) is 4.47. The molecule has 104 valence electrons. The molecule has 1 heterocycles. The normalized spacial score (nSPS) is 18.3. The average Bonchev–Trinajstić information content (AvgIpc) is 3.19. The third-order valence-corrected chi connectivity index (χ3v) is 4.52. The Hall–Kier alpha value is -1.07. The summed E-state index contributed by atoms with van der Waals surface area (Å²) in [6.45, 7) is 3.99. The van der Waals surface area contributed by atoms with Gasteiger partial charge < -0.3 is 5.11 Å². The highest BCUT2D eigenvalue weighted by molar-refractivity contribution is 7.99. The molecule has 0 radical (unpaired) electrons. The van der Waals surface area contributed by atoms with Gasteiger partial charge in [0.05, 0.1) is 0 Å². The van der Waals surface area contributed by atoms with Gasteiger partial charge in [-0.1, -0.05) is 0 Å². The largest absolute Gasteiger partial charge is 0.480 e. The summed E-state index contributed by atoms with van der Waals surface area (Å²) in [5, 5.41) is 13.0. The third kappa shape index (κ3) is 3.48. The molecule has 0 aliphatic heterocycles. The van der Waals surface area contributed by atoms with E-state index in [1.165, 1.54) is 0 Å². The van der Waals surface area contributed by atoms with E-state index in [0.29, 0.717) is 5.75 Å². The molecule has 4 nitrogen and oxygen atoms in total. The van der Waals surface area contributed by atoms with Crippen LogP contribution in [-0.4, -0.2) is 33.4 Å². The van der Waals surface area contributed by atoms with Crippen LogP contribution >= 0.6 is 11.8 Å². The van der Waals surface area contributed by atoms with Crippen molar-refractivity contribution >= 4 is 17.7 Å². The summed E-state index contributed by atoms with van der Waals surface area (Å²) in [6.07, 6.45) is 5.47. The Morgan fingerprint density at radius 3 is 2.63 bits per heavy atom. The van der Waals surface area contributed by atoms with Crippen LogP contribution in [0.4, 0.5) is 0 Å². The lowest BCUT2D eigenvalue weighted by Gasteiger charge is -2.32. The fourth-order valence-corrected chi connectivity index (χ4v) is 3.45. The van der Waals surface area contributed by atoms with E-state index in [2.05, 4.69) is 10.3 Å². The lowest BCUT2D eigenvalue weighted by atomic mass is 9.94. The van der Waals surface area contributed by atoms with E-state index in [1.54, 1.807) is 24.2 Å². The van der Waals surface area contributed by atoms with Crippen LogP contribution < -0.4 is 5.32 Å².